The number of nitro groups is 1. The van der Waals surface area contributed by atoms with Crippen LogP contribution in [0.5, 0.6) is 0 Å². The Bertz CT molecular complexity index is 843. The Hall–Kier alpha value is -2.23. The van der Waals surface area contributed by atoms with Crippen LogP contribution in [0, 0.1) is 16.0 Å². The zero-order valence-electron chi connectivity index (χ0n) is 14.2. The fourth-order valence-corrected chi connectivity index (χ4v) is 4.20. The third-order valence-corrected chi connectivity index (χ3v) is 5.99. The second kappa shape index (κ2) is 7.98. The molecular formula is C17H21N3O5S. The Balaban J connectivity index is 1.51. The van der Waals surface area contributed by atoms with E-state index in [9.17, 15) is 18.5 Å². The first-order valence-electron chi connectivity index (χ1n) is 8.43. The van der Waals surface area contributed by atoms with Crippen molar-refractivity contribution in [3.63, 3.8) is 0 Å². The number of nitrogens with one attached hydrogen (secondary N) is 1. The highest BCUT2D eigenvalue weighted by molar-refractivity contribution is 7.89. The zero-order chi connectivity index (χ0) is 18.6. The number of nitrogens with zero attached hydrogens (tertiary/aromatic N) is 2. The van der Waals surface area contributed by atoms with E-state index in [0.717, 1.165) is 44.3 Å². The molecule has 1 aliphatic rings. The van der Waals surface area contributed by atoms with Crippen molar-refractivity contribution in [3.05, 3.63) is 58.5 Å². The highest BCUT2D eigenvalue weighted by Crippen LogP contribution is 2.21. The second-order valence-corrected chi connectivity index (χ2v) is 8.17. The topological polar surface area (TPSA) is 106 Å². The van der Waals surface area contributed by atoms with E-state index < -0.39 is 14.9 Å². The van der Waals surface area contributed by atoms with Crippen LogP contribution in [0.1, 0.15) is 18.6 Å². The molecule has 1 N–H and O–H groups in total. The second-order valence-electron chi connectivity index (χ2n) is 6.41. The van der Waals surface area contributed by atoms with Gasteiger partial charge in [0.15, 0.2) is 0 Å². The Morgan fingerprint density at radius 3 is 2.65 bits per heavy atom. The van der Waals surface area contributed by atoms with E-state index in [1.165, 1.54) is 18.2 Å². The van der Waals surface area contributed by atoms with E-state index in [-0.39, 0.29) is 16.5 Å². The molecule has 140 valence electrons. The van der Waals surface area contributed by atoms with Gasteiger partial charge in [0, 0.05) is 18.7 Å². The number of rotatable bonds is 7. The summed E-state index contributed by atoms with van der Waals surface area (Å²) in [5.74, 6) is 1.17. The molecule has 0 aliphatic carbocycles. The highest BCUT2D eigenvalue weighted by Gasteiger charge is 2.23. The van der Waals surface area contributed by atoms with Crippen LogP contribution in [0.3, 0.4) is 0 Å². The van der Waals surface area contributed by atoms with Crippen LogP contribution >= 0.6 is 0 Å². The maximum absolute atomic E-state index is 12.4. The maximum Gasteiger partial charge on any atom is 0.270 e. The molecule has 2 aromatic rings. The smallest absolute Gasteiger partial charge is 0.270 e. The molecule has 0 saturated carbocycles. The first-order valence-corrected chi connectivity index (χ1v) is 9.91. The third-order valence-electron chi connectivity index (χ3n) is 4.57. The van der Waals surface area contributed by atoms with Crippen LogP contribution in [0.15, 0.2) is 52.0 Å². The SMILES string of the molecule is O=[N+]([O-])c1cccc(S(=O)(=O)NCC2CCN(Cc3ccco3)CC2)c1. The van der Waals surface area contributed by atoms with E-state index in [2.05, 4.69) is 9.62 Å². The van der Waals surface area contributed by atoms with Gasteiger partial charge in [-0.3, -0.25) is 15.0 Å². The normalized spacial score (nSPS) is 16.6. The van der Waals surface area contributed by atoms with E-state index in [0.29, 0.717) is 6.54 Å². The van der Waals surface area contributed by atoms with E-state index in [1.54, 1.807) is 6.26 Å². The predicted octanol–water partition coefficient (Wildman–Crippen LogP) is 2.38. The van der Waals surface area contributed by atoms with Gasteiger partial charge in [0.2, 0.25) is 10.0 Å². The lowest BCUT2D eigenvalue weighted by molar-refractivity contribution is -0.385. The van der Waals surface area contributed by atoms with Crippen molar-refractivity contribution in [2.45, 2.75) is 24.3 Å². The van der Waals surface area contributed by atoms with Crippen LogP contribution in [-0.4, -0.2) is 37.9 Å². The van der Waals surface area contributed by atoms with Gasteiger partial charge in [0.25, 0.3) is 5.69 Å². The average Bonchev–Trinajstić information content (AvgIpc) is 3.14. The molecule has 3 rings (SSSR count). The molecule has 26 heavy (non-hydrogen) atoms. The summed E-state index contributed by atoms with van der Waals surface area (Å²) >= 11 is 0. The molecule has 1 aromatic carbocycles. The number of non-ortho nitro benzene ring substituents is 1. The lowest BCUT2D eigenvalue weighted by Crippen LogP contribution is -2.38. The molecule has 8 nitrogen and oxygen atoms in total. The molecule has 0 atom stereocenters. The summed E-state index contributed by atoms with van der Waals surface area (Å²) in [5, 5.41) is 10.8. The first kappa shape index (κ1) is 18.6. The molecule has 1 saturated heterocycles. The van der Waals surface area contributed by atoms with Gasteiger partial charge < -0.3 is 4.42 Å². The van der Waals surface area contributed by atoms with Gasteiger partial charge in [-0.1, -0.05) is 6.07 Å². The molecule has 0 radical (unpaired) electrons. The fourth-order valence-electron chi connectivity index (χ4n) is 3.05. The van der Waals surface area contributed by atoms with E-state index >= 15 is 0 Å². The third kappa shape index (κ3) is 4.69. The molecule has 1 aliphatic heterocycles. The van der Waals surface area contributed by atoms with E-state index in [4.69, 9.17) is 4.42 Å². The van der Waals surface area contributed by atoms with Crippen LogP contribution in [0.2, 0.25) is 0 Å². The molecule has 0 spiro atoms. The van der Waals surface area contributed by atoms with Crippen molar-refractivity contribution in [3.8, 4) is 0 Å². The summed E-state index contributed by atoms with van der Waals surface area (Å²) in [6.45, 7) is 2.85. The van der Waals surface area contributed by atoms with Crippen LogP contribution < -0.4 is 4.72 Å². The molecule has 2 heterocycles. The fraction of sp³-hybridized carbons (Fsp3) is 0.412. The molecule has 1 fully saturated rings. The molecular weight excluding hydrogens is 358 g/mol. The van der Waals surface area contributed by atoms with Gasteiger partial charge in [-0.05, 0) is 50.0 Å². The number of piperidine rings is 1. The zero-order valence-corrected chi connectivity index (χ0v) is 15.0. The van der Waals surface area contributed by atoms with Crippen LogP contribution in [0.4, 0.5) is 5.69 Å². The summed E-state index contributed by atoms with van der Waals surface area (Å²) in [6.07, 6.45) is 3.43. The van der Waals surface area contributed by atoms with Crippen molar-refractivity contribution in [2.75, 3.05) is 19.6 Å². The quantitative estimate of drug-likeness (QED) is 0.585. The molecule has 9 heteroatoms. The van der Waals surface area contributed by atoms with Crippen molar-refractivity contribution in [1.29, 1.82) is 0 Å². The van der Waals surface area contributed by atoms with Crippen molar-refractivity contribution >= 4 is 15.7 Å². The minimum Gasteiger partial charge on any atom is -0.468 e. The summed E-state index contributed by atoms with van der Waals surface area (Å²) in [7, 11) is -3.75. The van der Waals surface area contributed by atoms with Gasteiger partial charge in [-0.2, -0.15) is 0 Å². The minimum atomic E-state index is -3.75. The highest BCUT2D eigenvalue weighted by atomic mass is 32.2. The number of nitro benzene ring substituents is 1. The van der Waals surface area contributed by atoms with Crippen molar-refractivity contribution < 1.29 is 17.8 Å². The lowest BCUT2D eigenvalue weighted by atomic mass is 9.97. The lowest BCUT2D eigenvalue weighted by Gasteiger charge is -2.31. The summed E-state index contributed by atoms with van der Waals surface area (Å²) < 4.78 is 32.7. The number of hydrogen-bond acceptors (Lipinski definition) is 6. The Morgan fingerprint density at radius 1 is 1.23 bits per heavy atom. The summed E-state index contributed by atoms with van der Waals surface area (Å²) in [5.41, 5.74) is -0.237. The number of furan rings is 1. The largest absolute Gasteiger partial charge is 0.468 e. The van der Waals surface area contributed by atoms with Gasteiger partial charge in [0.05, 0.1) is 22.6 Å². The summed E-state index contributed by atoms with van der Waals surface area (Å²) in [6, 6.07) is 8.90. The Labute approximate surface area is 152 Å². The number of likely N-dealkylation sites (tertiary alicyclic amines) is 1. The number of hydrogen-bond donors (Lipinski definition) is 1. The minimum absolute atomic E-state index is 0.0815. The molecule has 0 unspecified atom stereocenters. The number of sulfonamides is 1. The molecule has 0 bridgehead atoms. The Morgan fingerprint density at radius 2 is 2.00 bits per heavy atom. The van der Waals surface area contributed by atoms with Crippen molar-refractivity contribution in [1.82, 2.24) is 9.62 Å². The van der Waals surface area contributed by atoms with Crippen molar-refractivity contribution in [2.24, 2.45) is 5.92 Å². The van der Waals surface area contributed by atoms with Crippen LogP contribution in [0.25, 0.3) is 0 Å². The predicted molar refractivity (Wildman–Crippen MR) is 95.0 cm³/mol. The monoisotopic (exact) mass is 379 g/mol. The Kier molecular flexibility index (Phi) is 5.70. The number of benzene rings is 1. The molecule has 1 aromatic heterocycles. The average molecular weight is 379 g/mol. The van der Waals surface area contributed by atoms with Gasteiger partial charge in [0.1, 0.15) is 5.76 Å². The van der Waals surface area contributed by atoms with Gasteiger partial charge in [-0.25, -0.2) is 13.1 Å². The standard InChI is InChI=1S/C17H21N3O5S/c21-20(22)15-3-1-5-17(11-15)26(23,24)18-12-14-6-8-19(9-7-14)13-16-4-2-10-25-16/h1-5,10-11,14,18H,6-9,12-13H2. The van der Waals surface area contributed by atoms with Gasteiger partial charge >= 0.3 is 0 Å². The van der Waals surface area contributed by atoms with Gasteiger partial charge in [-0.15, -0.1) is 0 Å². The maximum atomic E-state index is 12.4. The summed E-state index contributed by atoms with van der Waals surface area (Å²) in [4.78, 5) is 12.4. The molecule has 0 amide bonds. The first-order chi connectivity index (χ1) is 12.4. The van der Waals surface area contributed by atoms with Crippen LogP contribution in [-0.2, 0) is 16.6 Å². The van der Waals surface area contributed by atoms with E-state index in [1.807, 2.05) is 12.1 Å².